The smallest absolute Gasteiger partial charge is 0.252 e. The van der Waals surface area contributed by atoms with Gasteiger partial charge in [0.25, 0.3) is 5.56 Å². The molecule has 0 aliphatic heterocycles. The van der Waals surface area contributed by atoms with Crippen molar-refractivity contribution in [3.8, 4) is 22.9 Å². The van der Waals surface area contributed by atoms with Crippen molar-refractivity contribution in [3.05, 3.63) is 117 Å². The number of carbonyl (C=O) groups is 2. The van der Waals surface area contributed by atoms with Crippen LogP contribution in [-0.4, -0.2) is 28.4 Å². The van der Waals surface area contributed by atoms with E-state index in [9.17, 15) is 19.6 Å². The van der Waals surface area contributed by atoms with Crippen molar-refractivity contribution in [2.45, 2.75) is 25.8 Å². The highest BCUT2D eigenvalue weighted by atomic mass is 35.5. The summed E-state index contributed by atoms with van der Waals surface area (Å²) in [5.74, 6) is -0.202. The van der Waals surface area contributed by atoms with Gasteiger partial charge in [-0.2, -0.15) is 5.26 Å². The number of benzene rings is 3. The largest absolute Gasteiger partial charge is 0.495 e. The molecule has 2 N–H and O–H groups in total. The van der Waals surface area contributed by atoms with E-state index in [1.807, 2.05) is 30.3 Å². The third-order valence-corrected chi connectivity index (χ3v) is 7.31. The molecular weight excluding hydrogens is 552 g/mol. The van der Waals surface area contributed by atoms with Gasteiger partial charge in [0.15, 0.2) is 5.78 Å². The van der Waals surface area contributed by atoms with Gasteiger partial charge < -0.3 is 15.0 Å². The van der Waals surface area contributed by atoms with Crippen LogP contribution in [-0.2, 0) is 11.2 Å². The lowest BCUT2D eigenvalue weighted by molar-refractivity contribution is -0.119. The molecule has 0 spiro atoms. The molecule has 0 saturated carbocycles. The summed E-state index contributed by atoms with van der Waals surface area (Å²) < 4.78 is 7.03. The third kappa shape index (κ3) is 5.82. The summed E-state index contributed by atoms with van der Waals surface area (Å²) in [6, 6.07) is 23.8. The van der Waals surface area contributed by atoms with Gasteiger partial charge in [0.1, 0.15) is 23.6 Å². The van der Waals surface area contributed by atoms with E-state index in [0.717, 1.165) is 10.9 Å². The van der Waals surface area contributed by atoms with Gasteiger partial charge in [-0.05, 0) is 47.5 Å². The Morgan fingerprint density at radius 1 is 1.05 bits per heavy atom. The summed E-state index contributed by atoms with van der Waals surface area (Å²) in [4.78, 5) is 43.2. The summed E-state index contributed by atoms with van der Waals surface area (Å²) in [7, 11) is 1.47. The molecule has 5 aromatic rings. The number of nitriles is 1. The molecule has 5 rings (SSSR count). The molecule has 0 aliphatic rings. The minimum Gasteiger partial charge on any atom is -0.495 e. The number of methoxy groups -OCH3 is 1. The summed E-state index contributed by atoms with van der Waals surface area (Å²) in [6.45, 7) is 1.76. The van der Waals surface area contributed by atoms with E-state index in [0.29, 0.717) is 44.4 Å². The molecule has 210 valence electrons. The molecular formula is C33H27ClN4O4. The maximum atomic E-state index is 13.8. The van der Waals surface area contributed by atoms with Crippen LogP contribution in [0.1, 0.15) is 41.0 Å². The molecule has 0 aliphatic carbocycles. The molecule has 0 fully saturated rings. The quantitative estimate of drug-likeness (QED) is 0.192. The molecule has 9 heteroatoms. The number of ketones is 1. The maximum Gasteiger partial charge on any atom is 0.252 e. The van der Waals surface area contributed by atoms with Gasteiger partial charge in [-0.25, -0.2) is 0 Å². The highest BCUT2D eigenvalue weighted by Crippen LogP contribution is 2.34. The van der Waals surface area contributed by atoms with Crippen molar-refractivity contribution in [2.75, 3.05) is 12.4 Å². The number of aromatic amines is 1. The van der Waals surface area contributed by atoms with Crippen LogP contribution in [0.15, 0.2) is 89.9 Å². The number of fused-ring (bicyclic) bond motifs is 1. The molecule has 3 aromatic carbocycles. The SMILES string of the molecule is CCC(=O)c1ccc(Cl)cc1-c1cc(=O)n(C(Cc2ccccc2)C(=O)Nc2ccc3cc(C#N)[nH]c3c2)cc1OC. The van der Waals surface area contributed by atoms with Crippen LogP contribution in [0.25, 0.3) is 22.0 Å². The molecule has 0 bridgehead atoms. The summed E-state index contributed by atoms with van der Waals surface area (Å²) in [6.07, 6.45) is 2.01. The predicted octanol–water partition coefficient (Wildman–Crippen LogP) is 6.55. The number of pyridine rings is 1. The van der Waals surface area contributed by atoms with E-state index in [-0.39, 0.29) is 18.6 Å². The van der Waals surface area contributed by atoms with Gasteiger partial charge in [-0.15, -0.1) is 0 Å². The number of carbonyl (C=O) groups excluding carboxylic acids is 2. The number of halogens is 1. The number of hydrogen-bond acceptors (Lipinski definition) is 5. The maximum absolute atomic E-state index is 13.8. The lowest BCUT2D eigenvalue weighted by Crippen LogP contribution is -2.34. The normalized spacial score (nSPS) is 11.6. The Morgan fingerprint density at radius 2 is 1.83 bits per heavy atom. The van der Waals surface area contributed by atoms with Crippen LogP contribution in [0.2, 0.25) is 5.02 Å². The minimum atomic E-state index is -0.937. The highest BCUT2D eigenvalue weighted by Gasteiger charge is 2.25. The van der Waals surface area contributed by atoms with Gasteiger partial charge in [0.05, 0.1) is 13.3 Å². The molecule has 0 saturated heterocycles. The first kappa shape index (κ1) is 28.4. The van der Waals surface area contributed by atoms with E-state index in [4.69, 9.17) is 16.3 Å². The molecule has 1 atom stereocenters. The van der Waals surface area contributed by atoms with Crippen molar-refractivity contribution in [1.29, 1.82) is 5.26 Å². The number of nitrogens with zero attached hydrogens (tertiary/aromatic N) is 2. The first-order valence-corrected chi connectivity index (χ1v) is 13.7. The molecule has 8 nitrogen and oxygen atoms in total. The molecule has 2 aromatic heterocycles. The Labute approximate surface area is 247 Å². The number of H-pyrrole nitrogens is 1. The summed E-state index contributed by atoms with van der Waals surface area (Å²) >= 11 is 6.28. The molecule has 42 heavy (non-hydrogen) atoms. The molecule has 0 radical (unpaired) electrons. The first-order chi connectivity index (χ1) is 20.3. The average molecular weight is 579 g/mol. The van der Waals surface area contributed by atoms with Crippen molar-refractivity contribution in [3.63, 3.8) is 0 Å². The van der Waals surface area contributed by atoms with Crippen LogP contribution < -0.4 is 15.6 Å². The van der Waals surface area contributed by atoms with E-state index < -0.39 is 17.5 Å². The van der Waals surface area contributed by atoms with Crippen LogP contribution >= 0.6 is 11.6 Å². The van der Waals surface area contributed by atoms with Crippen LogP contribution in [0.3, 0.4) is 0 Å². The van der Waals surface area contributed by atoms with Crippen molar-refractivity contribution in [2.24, 2.45) is 0 Å². The Morgan fingerprint density at radius 3 is 2.55 bits per heavy atom. The number of anilines is 1. The lowest BCUT2D eigenvalue weighted by Gasteiger charge is -2.22. The van der Waals surface area contributed by atoms with E-state index in [1.54, 1.807) is 49.4 Å². The molecule has 1 amide bonds. The number of aromatic nitrogens is 2. The van der Waals surface area contributed by atoms with Crippen molar-refractivity contribution < 1.29 is 14.3 Å². The van der Waals surface area contributed by atoms with Crippen LogP contribution in [0.4, 0.5) is 5.69 Å². The highest BCUT2D eigenvalue weighted by molar-refractivity contribution is 6.31. The minimum absolute atomic E-state index is 0.102. The first-order valence-electron chi connectivity index (χ1n) is 13.3. The lowest BCUT2D eigenvalue weighted by atomic mass is 9.95. The Balaban J connectivity index is 1.58. The second-order valence-electron chi connectivity index (χ2n) is 9.76. The topological polar surface area (TPSA) is 117 Å². The number of ether oxygens (including phenoxy) is 1. The van der Waals surface area contributed by atoms with Gasteiger partial charge in [-0.3, -0.25) is 19.0 Å². The Bertz CT molecular complexity index is 1900. The van der Waals surface area contributed by atoms with E-state index in [2.05, 4.69) is 16.4 Å². The summed E-state index contributed by atoms with van der Waals surface area (Å²) in [5, 5.41) is 13.4. The van der Waals surface area contributed by atoms with E-state index >= 15 is 0 Å². The number of amides is 1. The Hall–Kier alpha value is -5.13. The van der Waals surface area contributed by atoms with Crippen LogP contribution in [0, 0.1) is 11.3 Å². The fourth-order valence-electron chi connectivity index (χ4n) is 4.96. The van der Waals surface area contributed by atoms with Crippen molar-refractivity contribution >= 4 is 39.9 Å². The zero-order chi connectivity index (χ0) is 29.8. The fourth-order valence-corrected chi connectivity index (χ4v) is 5.14. The van der Waals surface area contributed by atoms with Crippen molar-refractivity contribution in [1.82, 2.24) is 9.55 Å². The number of Topliss-reactive ketones (excluding diaryl/α,β-unsaturated/α-hetero) is 1. The summed E-state index contributed by atoms with van der Waals surface area (Å²) in [5.41, 5.74) is 3.35. The Kier molecular flexibility index (Phi) is 8.23. The average Bonchev–Trinajstić information content (AvgIpc) is 3.42. The molecule has 2 heterocycles. The third-order valence-electron chi connectivity index (χ3n) is 7.08. The zero-order valence-corrected chi connectivity index (χ0v) is 23.7. The zero-order valence-electron chi connectivity index (χ0n) is 23.0. The number of nitrogens with one attached hydrogen (secondary N) is 2. The number of hydrogen-bond donors (Lipinski definition) is 2. The monoisotopic (exact) mass is 578 g/mol. The van der Waals surface area contributed by atoms with E-state index in [1.165, 1.54) is 23.9 Å². The van der Waals surface area contributed by atoms with Crippen LogP contribution in [0.5, 0.6) is 5.75 Å². The molecule has 1 unspecified atom stereocenters. The van der Waals surface area contributed by atoms with Gasteiger partial charge in [0.2, 0.25) is 5.91 Å². The van der Waals surface area contributed by atoms with Gasteiger partial charge in [0, 0.05) is 51.6 Å². The van der Waals surface area contributed by atoms with Gasteiger partial charge >= 0.3 is 0 Å². The fraction of sp³-hybridized carbons (Fsp3) is 0.152. The predicted molar refractivity (Wildman–Crippen MR) is 163 cm³/mol. The second-order valence-corrected chi connectivity index (χ2v) is 10.2. The van der Waals surface area contributed by atoms with Gasteiger partial charge in [-0.1, -0.05) is 54.9 Å². The standard InChI is InChI=1S/C33H27ClN4O4/c1-3-30(39)25-12-10-22(34)15-26(25)27-17-32(40)38(19-31(27)42-2)29(13-20-7-5-4-6-8-20)33(41)37-23-11-9-21-14-24(18-35)36-28(21)16-23/h4-12,14-17,19,29,36H,3,13H2,1-2H3,(H,37,41). The number of rotatable bonds is 9. The second kappa shape index (κ2) is 12.2.